The maximum Gasteiger partial charge on any atom is 0.286 e. The maximum atomic E-state index is 11.8. The fourth-order valence-corrected chi connectivity index (χ4v) is 2.12. The SMILES string of the molecule is Cc1ccnc(Cl)c1NC(=O)c1nnc(Cl)s1. The van der Waals surface area contributed by atoms with E-state index >= 15 is 0 Å². The van der Waals surface area contributed by atoms with E-state index < -0.39 is 5.91 Å². The second-order valence-corrected chi connectivity index (χ2v) is 5.03. The molecule has 0 atom stereocenters. The Morgan fingerprint density at radius 3 is 2.76 bits per heavy atom. The molecular weight excluding hydrogens is 283 g/mol. The van der Waals surface area contributed by atoms with Crippen molar-refractivity contribution in [1.29, 1.82) is 0 Å². The minimum absolute atomic E-state index is 0.175. The molecular formula is C9H6Cl2N4OS. The molecule has 0 aliphatic rings. The maximum absolute atomic E-state index is 11.8. The van der Waals surface area contributed by atoms with Gasteiger partial charge in [0.2, 0.25) is 9.47 Å². The van der Waals surface area contributed by atoms with E-state index in [1.807, 2.05) is 6.92 Å². The van der Waals surface area contributed by atoms with Gasteiger partial charge in [0.1, 0.15) is 0 Å². The van der Waals surface area contributed by atoms with Crippen LogP contribution < -0.4 is 5.32 Å². The number of aryl methyl sites for hydroxylation is 1. The molecule has 17 heavy (non-hydrogen) atoms. The predicted octanol–water partition coefficient (Wildman–Crippen LogP) is 2.80. The topological polar surface area (TPSA) is 67.8 Å². The van der Waals surface area contributed by atoms with E-state index in [-0.39, 0.29) is 14.6 Å². The summed E-state index contributed by atoms with van der Waals surface area (Å²) in [7, 11) is 0. The van der Waals surface area contributed by atoms with Crippen molar-refractivity contribution in [1.82, 2.24) is 15.2 Å². The monoisotopic (exact) mass is 288 g/mol. The molecule has 2 aromatic rings. The van der Waals surface area contributed by atoms with Crippen LogP contribution in [-0.2, 0) is 0 Å². The average molecular weight is 289 g/mol. The van der Waals surface area contributed by atoms with Gasteiger partial charge in [-0.3, -0.25) is 4.79 Å². The molecule has 0 aliphatic carbocycles. The van der Waals surface area contributed by atoms with E-state index in [0.29, 0.717) is 5.69 Å². The summed E-state index contributed by atoms with van der Waals surface area (Å²) in [6.07, 6.45) is 1.56. The number of halogens is 2. The lowest BCUT2D eigenvalue weighted by Crippen LogP contribution is -2.13. The van der Waals surface area contributed by atoms with Gasteiger partial charge in [-0.15, -0.1) is 10.2 Å². The Morgan fingerprint density at radius 2 is 2.18 bits per heavy atom. The summed E-state index contributed by atoms with van der Waals surface area (Å²) < 4.78 is 0.212. The minimum atomic E-state index is -0.410. The standard InChI is InChI=1S/C9H6Cl2N4OS/c1-4-2-3-12-6(10)5(4)13-7(16)8-14-15-9(11)17-8/h2-3H,1H3,(H,13,16). The van der Waals surface area contributed by atoms with Gasteiger partial charge in [0, 0.05) is 6.20 Å². The first-order chi connectivity index (χ1) is 8.08. The number of nitrogens with zero attached hydrogens (tertiary/aromatic N) is 3. The molecule has 0 aromatic carbocycles. The fraction of sp³-hybridized carbons (Fsp3) is 0.111. The van der Waals surface area contributed by atoms with Crippen LogP contribution in [0.4, 0.5) is 5.69 Å². The Hall–Kier alpha value is -1.24. The number of carbonyl (C=O) groups excluding carboxylic acids is 1. The quantitative estimate of drug-likeness (QED) is 0.863. The molecule has 2 rings (SSSR count). The van der Waals surface area contributed by atoms with Crippen molar-refractivity contribution < 1.29 is 4.79 Å². The molecule has 2 heterocycles. The molecule has 1 amide bonds. The molecule has 0 bridgehead atoms. The first-order valence-corrected chi connectivity index (χ1v) is 6.06. The highest BCUT2D eigenvalue weighted by molar-refractivity contribution is 7.17. The number of hydrogen-bond acceptors (Lipinski definition) is 5. The van der Waals surface area contributed by atoms with Crippen LogP contribution in [0.15, 0.2) is 12.3 Å². The van der Waals surface area contributed by atoms with Crippen LogP contribution in [0.5, 0.6) is 0 Å². The summed E-state index contributed by atoms with van der Waals surface area (Å²) in [5.74, 6) is -0.410. The van der Waals surface area contributed by atoms with Crippen molar-refractivity contribution in [2.75, 3.05) is 5.32 Å². The molecule has 0 fully saturated rings. The Balaban J connectivity index is 2.24. The predicted molar refractivity (Wildman–Crippen MR) is 66.9 cm³/mol. The normalized spacial score (nSPS) is 10.3. The van der Waals surface area contributed by atoms with Gasteiger partial charge in [-0.05, 0) is 30.2 Å². The Kier molecular flexibility index (Phi) is 3.56. The van der Waals surface area contributed by atoms with Crippen LogP contribution in [0.2, 0.25) is 9.62 Å². The van der Waals surface area contributed by atoms with Gasteiger partial charge in [0.15, 0.2) is 5.15 Å². The molecule has 2 aromatic heterocycles. The Bertz CT molecular complexity index is 552. The molecule has 0 aliphatic heterocycles. The lowest BCUT2D eigenvalue weighted by atomic mass is 10.2. The van der Waals surface area contributed by atoms with Crippen molar-refractivity contribution in [3.63, 3.8) is 0 Å². The lowest BCUT2D eigenvalue weighted by molar-refractivity contribution is 0.102. The third-order valence-corrected chi connectivity index (χ3v) is 3.25. The smallest absolute Gasteiger partial charge is 0.286 e. The van der Waals surface area contributed by atoms with Crippen molar-refractivity contribution in [2.45, 2.75) is 6.92 Å². The molecule has 5 nitrogen and oxygen atoms in total. The van der Waals surface area contributed by atoms with Gasteiger partial charge in [0.25, 0.3) is 5.91 Å². The number of aromatic nitrogens is 3. The number of anilines is 1. The zero-order valence-corrected chi connectivity index (χ0v) is 10.9. The highest BCUT2D eigenvalue weighted by Crippen LogP contribution is 2.24. The van der Waals surface area contributed by atoms with E-state index in [9.17, 15) is 4.79 Å². The fourth-order valence-electron chi connectivity index (χ4n) is 1.14. The number of amides is 1. The average Bonchev–Trinajstić information content (AvgIpc) is 2.70. The van der Waals surface area contributed by atoms with E-state index in [1.165, 1.54) is 0 Å². The number of nitrogens with one attached hydrogen (secondary N) is 1. The molecule has 8 heteroatoms. The van der Waals surface area contributed by atoms with E-state index in [2.05, 4.69) is 20.5 Å². The summed E-state index contributed by atoms with van der Waals surface area (Å²) in [6, 6.07) is 1.74. The molecule has 0 radical (unpaired) electrons. The van der Waals surface area contributed by atoms with Crippen molar-refractivity contribution >= 4 is 46.1 Å². The van der Waals surface area contributed by atoms with E-state index in [0.717, 1.165) is 16.9 Å². The second kappa shape index (κ2) is 4.95. The van der Waals surface area contributed by atoms with Crippen LogP contribution in [0.1, 0.15) is 15.4 Å². The number of hydrogen-bond donors (Lipinski definition) is 1. The Labute approximate surface area is 111 Å². The highest BCUT2D eigenvalue weighted by atomic mass is 35.5. The van der Waals surface area contributed by atoms with Gasteiger partial charge >= 0.3 is 0 Å². The highest BCUT2D eigenvalue weighted by Gasteiger charge is 2.15. The second-order valence-electron chi connectivity index (χ2n) is 3.11. The minimum Gasteiger partial charge on any atom is -0.317 e. The van der Waals surface area contributed by atoms with Crippen molar-refractivity contribution in [3.8, 4) is 0 Å². The van der Waals surface area contributed by atoms with Gasteiger partial charge in [0.05, 0.1) is 5.69 Å². The number of rotatable bonds is 2. The molecule has 0 saturated heterocycles. The van der Waals surface area contributed by atoms with Gasteiger partial charge in [-0.2, -0.15) is 0 Å². The zero-order chi connectivity index (χ0) is 12.4. The van der Waals surface area contributed by atoms with Crippen LogP contribution in [0.25, 0.3) is 0 Å². The van der Waals surface area contributed by atoms with Crippen molar-refractivity contribution in [3.05, 3.63) is 32.5 Å². The number of pyridine rings is 1. The van der Waals surface area contributed by atoms with Crippen LogP contribution >= 0.6 is 34.5 Å². The van der Waals surface area contributed by atoms with Crippen LogP contribution in [0.3, 0.4) is 0 Å². The van der Waals surface area contributed by atoms with Crippen molar-refractivity contribution in [2.24, 2.45) is 0 Å². The first kappa shape index (κ1) is 12.2. The summed E-state index contributed by atoms with van der Waals surface area (Å²) in [6.45, 7) is 1.82. The first-order valence-electron chi connectivity index (χ1n) is 4.49. The zero-order valence-electron chi connectivity index (χ0n) is 8.57. The largest absolute Gasteiger partial charge is 0.317 e. The van der Waals surface area contributed by atoms with E-state index in [1.54, 1.807) is 12.3 Å². The molecule has 1 N–H and O–H groups in total. The summed E-state index contributed by atoms with van der Waals surface area (Å²) in [4.78, 5) is 15.7. The third kappa shape index (κ3) is 2.71. The number of carbonyl (C=O) groups is 1. The third-order valence-electron chi connectivity index (χ3n) is 1.95. The summed E-state index contributed by atoms with van der Waals surface area (Å²) in [5.41, 5.74) is 1.28. The van der Waals surface area contributed by atoms with E-state index in [4.69, 9.17) is 23.2 Å². The van der Waals surface area contributed by atoms with Crippen LogP contribution in [-0.4, -0.2) is 21.1 Å². The molecule has 88 valence electrons. The molecule has 0 saturated carbocycles. The lowest BCUT2D eigenvalue weighted by Gasteiger charge is -2.07. The van der Waals surface area contributed by atoms with Crippen LogP contribution in [0, 0.1) is 6.92 Å². The van der Waals surface area contributed by atoms with Gasteiger partial charge < -0.3 is 5.32 Å². The molecule has 0 spiro atoms. The summed E-state index contributed by atoms with van der Waals surface area (Å²) >= 11 is 12.5. The van der Waals surface area contributed by atoms with Gasteiger partial charge in [-0.25, -0.2) is 4.98 Å². The summed E-state index contributed by atoms with van der Waals surface area (Å²) in [5, 5.41) is 10.2. The molecule has 0 unspecified atom stereocenters. The van der Waals surface area contributed by atoms with Gasteiger partial charge in [-0.1, -0.05) is 22.9 Å². The Morgan fingerprint density at radius 1 is 1.41 bits per heavy atom.